The van der Waals surface area contributed by atoms with Crippen molar-refractivity contribution >= 4 is 28.4 Å². The van der Waals surface area contributed by atoms with Crippen LogP contribution < -0.4 is 0 Å². The predicted molar refractivity (Wildman–Crippen MR) is 108 cm³/mol. The molecule has 0 saturated carbocycles. The van der Waals surface area contributed by atoms with E-state index in [0.29, 0.717) is 17.5 Å². The van der Waals surface area contributed by atoms with Crippen LogP contribution >= 0.6 is 11.6 Å². The number of nitriles is 1. The summed E-state index contributed by atoms with van der Waals surface area (Å²) in [5.74, 6) is -0.501. The summed E-state index contributed by atoms with van der Waals surface area (Å²) in [6, 6.07) is 12.9. The molecule has 2 aromatic carbocycles. The number of aromatic nitrogens is 2. The van der Waals surface area contributed by atoms with Crippen molar-refractivity contribution < 1.29 is 9.18 Å². The van der Waals surface area contributed by atoms with Crippen molar-refractivity contribution in [2.24, 2.45) is 0 Å². The van der Waals surface area contributed by atoms with E-state index in [1.807, 2.05) is 45.0 Å². The normalized spacial score (nSPS) is 12.7. The lowest BCUT2D eigenvalue weighted by Gasteiger charge is -2.17. The predicted octanol–water partition coefficient (Wildman–Crippen LogP) is 5.39. The Bertz CT molecular complexity index is 1060. The summed E-state index contributed by atoms with van der Waals surface area (Å²) in [6.45, 7) is 5.82. The molecule has 1 atom stereocenters. The van der Waals surface area contributed by atoms with E-state index in [2.05, 4.69) is 11.1 Å². The number of Topliss-reactive ketones (excluding diaryl/α,β-unsaturated/α-hetero) is 1. The van der Waals surface area contributed by atoms with Crippen LogP contribution in [-0.4, -0.2) is 15.3 Å². The van der Waals surface area contributed by atoms with Gasteiger partial charge in [0.25, 0.3) is 0 Å². The zero-order chi connectivity index (χ0) is 20.5. The van der Waals surface area contributed by atoms with Crippen LogP contribution in [0.1, 0.15) is 44.2 Å². The molecular weight excluding hydrogens is 377 g/mol. The average Bonchev–Trinajstić information content (AvgIpc) is 3.08. The van der Waals surface area contributed by atoms with E-state index in [1.54, 1.807) is 10.6 Å². The van der Waals surface area contributed by atoms with Crippen LogP contribution in [0.3, 0.4) is 0 Å². The number of carbonyl (C=O) groups is 1. The van der Waals surface area contributed by atoms with E-state index in [0.717, 1.165) is 11.1 Å². The quantitative estimate of drug-likeness (QED) is 0.560. The van der Waals surface area contributed by atoms with E-state index in [-0.39, 0.29) is 23.3 Å². The van der Waals surface area contributed by atoms with E-state index < -0.39 is 11.2 Å². The van der Waals surface area contributed by atoms with Gasteiger partial charge in [-0.15, -0.1) is 0 Å². The fraction of sp³-hybridized carbons (Fsp3) is 0.318. The SMILES string of the molecule is C[C@H](CC(=O)Cn1cnc2ccc(F)c(Cl)c21)c1ccc(C(C)(C)C#N)cc1. The molecule has 0 bridgehead atoms. The second-order valence-corrected chi connectivity index (χ2v) is 7.98. The molecule has 1 heterocycles. The molecule has 0 aliphatic heterocycles. The Hall–Kier alpha value is -2.71. The molecular formula is C22H21ClFN3O. The average molecular weight is 398 g/mol. The van der Waals surface area contributed by atoms with Gasteiger partial charge in [0.05, 0.1) is 35.4 Å². The molecule has 3 rings (SSSR count). The first-order chi connectivity index (χ1) is 13.2. The van der Waals surface area contributed by atoms with Gasteiger partial charge in [0.1, 0.15) is 10.8 Å². The number of hydrogen-bond donors (Lipinski definition) is 0. The molecule has 0 amide bonds. The number of imidazole rings is 1. The highest BCUT2D eigenvalue weighted by Gasteiger charge is 2.20. The van der Waals surface area contributed by atoms with Gasteiger partial charge in [-0.05, 0) is 43.0 Å². The summed E-state index contributed by atoms with van der Waals surface area (Å²) in [6.07, 6.45) is 1.85. The number of hydrogen-bond acceptors (Lipinski definition) is 3. The van der Waals surface area contributed by atoms with E-state index in [9.17, 15) is 14.4 Å². The van der Waals surface area contributed by atoms with Gasteiger partial charge in [0, 0.05) is 6.42 Å². The molecule has 0 aliphatic rings. The Labute approximate surface area is 168 Å². The van der Waals surface area contributed by atoms with E-state index in [1.165, 1.54) is 12.4 Å². The third-order valence-electron chi connectivity index (χ3n) is 5.03. The largest absolute Gasteiger partial charge is 0.322 e. The number of carbonyl (C=O) groups excluding carboxylic acids is 1. The smallest absolute Gasteiger partial charge is 0.153 e. The number of fused-ring (bicyclic) bond motifs is 1. The fourth-order valence-electron chi connectivity index (χ4n) is 3.22. The molecule has 0 saturated heterocycles. The first-order valence-corrected chi connectivity index (χ1v) is 9.43. The van der Waals surface area contributed by atoms with Gasteiger partial charge in [-0.25, -0.2) is 9.37 Å². The van der Waals surface area contributed by atoms with Crippen molar-refractivity contribution in [1.82, 2.24) is 9.55 Å². The van der Waals surface area contributed by atoms with Crippen LogP contribution in [0.15, 0.2) is 42.7 Å². The molecule has 0 radical (unpaired) electrons. The lowest BCUT2D eigenvalue weighted by Crippen LogP contribution is -2.14. The minimum atomic E-state index is -0.547. The van der Waals surface area contributed by atoms with Gasteiger partial charge in [-0.3, -0.25) is 4.79 Å². The third-order valence-corrected chi connectivity index (χ3v) is 5.39. The van der Waals surface area contributed by atoms with Crippen molar-refractivity contribution in [1.29, 1.82) is 5.26 Å². The van der Waals surface area contributed by atoms with Crippen LogP contribution in [0.2, 0.25) is 5.02 Å². The summed E-state index contributed by atoms with van der Waals surface area (Å²) in [5, 5.41) is 9.22. The molecule has 0 unspecified atom stereocenters. The van der Waals surface area contributed by atoms with Gasteiger partial charge >= 0.3 is 0 Å². The molecule has 144 valence electrons. The Morgan fingerprint density at radius 1 is 1.29 bits per heavy atom. The van der Waals surface area contributed by atoms with Gasteiger partial charge in [0.2, 0.25) is 0 Å². The van der Waals surface area contributed by atoms with Crippen LogP contribution in [0.4, 0.5) is 4.39 Å². The first-order valence-electron chi connectivity index (χ1n) is 9.05. The lowest BCUT2D eigenvalue weighted by molar-refractivity contribution is -0.119. The number of halogens is 2. The number of nitrogens with zero attached hydrogens (tertiary/aromatic N) is 3. The molecule has 3 aromatic rings. The minimum Gasteiger partial charge on any atom is -0.322 e. The molecule has 0 aliphatic carbocycles. The van der Waals surface area contributed by atoms with Crippen molar-refractivity contribution in [2.75, 3.05) is 0 Å². The molecule has 0 fully saturated rings. The Balaban J connectivity index is 1.72. The van der Waals surface area contributed by atoms with E-state index in [4.69, 9.17) is 11.6 Å². The zero-order valence-corrected chi connectivity index (χ0v) is 16.8. The van der Waals surface area contributed by atoms with Crippen molar-refractivity contribution in [3.63, 3.8) is 0 Å². The molecule has 4 nitrogen and oxygen atoms in total. The van der Waals surface area contributed by atoms with Crippen molar-refractivity contribution in [2.45, 2.75) is 45.1 Å². The summed E-state index contributed by atoms with van der Waals surface area (Å²) in [4.78, 5) is 16.8. The van der Waals surface area contributed by atoms with Crippen LogP contribution in [0.5, 0.6) is 0 Å². The summed E-state index contributed by atoms with van der Waals surface area (Å²) >= 11 is 6.05. The number of ketones is 1. The monoisotopic (exact) mass is 397 g/mol. The lowest BCUT2D eigenvalue weighted by atomic mass is 9.84. The van der Waals surface area contributed by atoms with Gasteiger partial charge in [-0.1, -0.05) is 42.8 Å². The van der Waals surface area contributed by atoms with Crippen LogP contribution in [0.25, 0.3) is 11.0 Å². The molecule has 1 aromatic heterocycles. The van der Waals surface area contributed by atoms with Gasteiger partial charge in [0.15, 0.2) is 5.78 Å². The second kappa shape index (κ2) is 7.73. The Morgan fingerprint density at radius 3 is 2.61 bits per heavy atom. The highest BCUT2D eigenvalue weighted by atomic mass is 35.5. The zero-order valence-electron chi connectivity index (χ0n) is 16.0. The maximum atomic E-state index is 13.7. The maximum Gasteiger partial charge on any atom is 0.153 e. The molecule has 0 spiro atoms. The second-order valence-electron chi connectivity index (χ2n) is 7.60. The van der Waals surface area contributed by atoms with Crippen molar-refractivity contribution in [3.05, 3.63) is 64.7 Å². The Kier molecular flexibility index (Phi) is 5.53. The summed E-state index contributed by atoms with van der Waals surface area (Å²) in [7, 11) is 0. The van der Waals surface area contributed by atoms with Gasteiger partial charge < -0.3 is 4.57 Å². The molecule has 28 heavy (non-hydrogen) atoms. The highest BCUT2D eigenvalue weighted by Crippen LogP contribution is 2.28. The summed E-state index contributed by atoms with van der Waals surface area (Å²) in [5.41, 5.74) is 2.42. The number of benzene rings is 2. The highest BCUT2D eigenvalue weighted by molar-refractivity contribution is 6.35. The minimum absolute atomic E-state index is 0.00793. The summed E-state index contributed by atoms with van der Waals surface area (Å²) < 4.78 is 15.3. The third kappa shape index (κ3) is 3.93. The molecule has 6 heteroatoms. The molecule has 0 N–H and O–H groups in total. The fourth-order valence-corrected chi connectivity index (χ4v) is 3.49. The van der Waals surface area contributed by atoms with Crippen LogP contribution in [-0.2, 0) is 16.8 Å². The number of rotatable bonds is 6. The van der Waals surface area contributed by atoms with Crippen molar-refractivity contribution in [3.8, 4) is 6.07 Å². The van der Waals surface area contributed by atoms with Gasteiger partial charge in [-0.2, -0.15) is 5.26 Å². The topological polar surface area (TPSA) is 58.7 Å². The Morgan fingerprint density at radius 2 is 1.96 bits per heavy atom. The first kappa shape index (κ1) is 20.0. The van der Waals surface area contributed by atoms with Crippen LogP contribution in [0, 0.1) is 17.1 Å². The standard InChI is InChI=1S/C22H21ClFN3O/c1-14(15-4-6-16(7-5-15)22(2,3)12-25)10-17(28)11-27-13-26-19-9-8-18(24)20(23)21(19)27/h4-9,13-14H,10-11H2,1-3H3/t14-/m1/s1. The van der Waals surface area contributed by atoms with E-state index >= 15 is 0 Å². The maximum absolute atomic E-state index is 13.7.